The molecule has 2 heterocycles. The average molecular weight is 633 g/mol. The smallest absolute Gasteiger partial charge is 0.262 e. The lowest BCUT2D eigenvalue weighted by Gasteiger charge is -2.27. The van der Waals surface area contributed by atoms with E-state index >= 15 is 0 Å². The van der Waals surface area contributed by atoms with Crippen molar-refractivity contribution in [2.24, 2.45) is 11.8 Å². The van der Waals surface area contributed by atoms with Crippen molar-refractivity contribution in [2.45, 2.75) is 103 Å². The highest BCUT2D eigenvalue weighted by Crippen LogP contribution is 2.40. The predicted molar refractivity (Wildman–Crippen MR) is 178 cm³/mol. The molecule has 1 aliphatic rings. The summed E-state index contributed by atoms with van der Waals surface area (Å²) in [7, 11) is 0. The van der Waals surface area contributed by atoms with Gasteiger partial charge in [0.15, 0.2) is 35.2 Å². The predicted octanol–water partition coefficient (Wildman–Crippen LogP) is 3.57. The third-order valence-electron chi connectivity index (χ3n) is 9.19. The Morgan fingerprint density at radius 1 is 0.717 bits per heavy atom. The van der Waals surface area contributed by atoms with Crippen LogP contribution >= 0.6 is 0 Å². The second kappa shape index (κ2) is 15.2. The first kappa shape index (κ1) is 33.6. The molecular formula is C36H52N6O4+2. The molecule has 4 N–H and O–H groups in total. The minimum Gasteiger partial charge on any atom is -0.394 e. The number of rotatable bonds is 14. The van der Waals surface area contributed by atoms with Gasteiger partial charge in [0.2, 0.25) is 12.7 Å². The Bertz CT molecular complexity index is 1510. The Morgan fingerprint density at radius 2 is 1.11 bits per heavy atom. The van der Waals surface area contributed by atoms with Crippen LogP contribution in [-0.4, -0.2) is 56.5 Å². The third kappa shape index (κ3) is 7.78. The van der Waals surface area contributed by atoms with E-state index in [9.17, 15) is 19.8 Å². The number of para-hydroxylation sites is 4. The number of nitrogens with zero attached hydrogens (tertiary/aromatic N) is 4. The summed E-state index contributed by atoms with van der Waals surface area (Å²) < 4.78 is 8.72. The average Bonchev–Trinajstić information content (AvgIpc) is 3.58. The summed E-state index contributed by atoms with van der Waals surface area (Å²) in [5.74, 6) is 0.520. The van der Waals surface area contributed by atoms with Crippen molar-refractivity contribution < 1.29 is 28.9 Å². The third-order valence-corrected chi connectivity index (χ3v) is 9.19. The number of fused-ring (bicyclic) bond motifs is 2. The fraction of sp³-hybridized carbons (Fsp3) is 0.556. The highest BCUT2D eigenvalue weighted by atomic mass is 16.3. The van der Waals surface area contributed by atoms with Gasteiger partial charge in [0.25, 0.3) is 11.8 Å². The van der Waals surface area contributed by atoms with Gasteiger partial charge in [-0.05, 0) is 74.6 Å². The van der Waals surface area contributed by atoms with Crippen LogP contribution in [0.5, 0.6) is 0 Å². The summed E-state index contributed by atoms with van der Waals surface area (Å²) >= 11 is 0. The maximum Gasteiger partial charge on any atom is 0.262 e. The maximum absolute atomic E-state index is 13.1. The van der Waals surface area contributed by atoms with Gasteiger partial charge in [-0.25, -0.2) is 18.3 Å². The van der Waals surface area contributed by atoms with Crippen molar-refractivity contribution in [3.63, 3.8) is 0 Å². The molecule has 0 spiro atoms. The molecule has 2 aromatic heterocycles. The first-order valence-corrected chi connectivity index (χ1v) is 17.0. The van der Waals surface area contributed by atoms with E-state index in [4.69, 9.17) is 0 Å². The Morgan fingerprint density at radius 3 is 1.48 bits per heavy atom. The Kier molecular flexibility index (Phi) is 11.1. The molecule has 10 nitrogen and oxygen atoms in total. The fourth-order valence-corrected chi connectivity index (χ4v) is 7.27. The monoisotopic (exact) mass is 632 g/mol. The van der Waals surface area contributed by atoms with Crippen LogP contribution in [0.3, 0.4) is 0 Å². The van der Waals surface area contributed by atoms with Crippen molar-refractivity contribution >= 4 is 33.9 Å². The van der Waals surface area contributed by atoms with Gasteiger partial charge in [0, 0.05) is 0 Å². The number of benzene rings is 2. The Balaban J connectivity index is 1.44. The molecule has 1 aliphatic carbocycles. The number of aromatic nitrogens is 4. The van der Waals surface area contributed by atoms with Crippen LogP contribution in [0, 0.1) is 11.8 Å². The zero-order valence-corrected chi connectivity index (χ0v) is 27.8. The van der Waals surface area contributed by atoms with Crippen LogP contribution in [0.4, 0.5) is 0 Å². The SMILES string of the molecule is CC(C)C[C@@H](CO)NC(=O)C[n+]1cn(C2CCCCC2n2c[n+](CC(=O)N[C@H](CO)CC(C)C)c3ccccc32)c2ccccc21. The van der Waals surface area contributed by atoms with Crippen molar-refractivity contribution in [2.75, 3.05) is 13.2 Å². The lowest BCUT2D eigenvalue weighted by Crippen LogP contribution is -2.47. The van der Waals surface area contributed by atoms with Crippen LogP contribution in [0.15, 0.2) is 61.2 Å². The normalized spacial score (nSPS) is 18.3. The number of imidazole rings is 2. The van der Waals surface area contributed by atoms with E-state index in [1.54, 1.807) is 0 Å². The summed E-state index contributed by atoms with van der Waals surface area (Å²) in [6, 6.07) is 16.2. The second-order valence-corrected chi connectivity index (χ2v) is 13.9. The topological polar surface area (TPSA) is 116 Å². The minimum atomic E-state index is -0.260. The van der Waals surface area contributed by atoms with Gasteiger partial charge in [-0.15, -0.1) is 0 Å². The molecule has 46 heavy (non-hydrogen) atoms. The minimum absolute atomic E-state index is 0.0768. The Hall–Kier alpha value is -3.76. The highest BCUT2D eigenvalue weighted by molar-refractivity contribution is 5.77. The van der Waals surface area contributed by atoms with E-state index in [0.29, 0.717) is 11.8 Å². The number of aliphatic hydroxyl groups excluding tert-OH is 2. The molecule has 5 rings (SSSR count). The van der Waals surface area contributed by atoms with Crippen molar-refractivity contribution in [3.05, 3.63) is 61.2 Å². The fourth-order valence-electron chi connectivity index (χ4n) is 7.27. The Labute approximate surface area is 272 Å². The molecule has 2 amide bonds. The van der Waals surface area contributed by atoms with Crippen molar-refractivity contribution in [3.8, 4) is 0 Å². The summed E-state index contributed by atoms with van der Waals surface area (Å²) in [6.45, 7) is 8.54. The molecule has 0 saturated heterocycles. The molecule has 2 aromatic carbocycles. The molecule has 0 radical (unpaired) electrons. The van der Waals surface area contributed by atoms with Crippen LogP contribution < -0.4 is 19.8 Å². The zero-order chi connectivity index (χ0) is 32.8. The van der Waals surface area contributed by atoms with E-state index in [1.165, 1.54) is 0 Å². The summed E-state index contributed by atoms with van der Waals surface area (Å²) in [4.78, 5) is 26.3. The molecule has 4 atom stereocenters. The van der Waals surface area contributed by atoms with Crippen LogP contribution in [0.2, 0.25) is 0 Å². The molecule has 2 unspecified atom stereocenters. The van der Waals surface area contributed by atoms with E-state index in [-0.39, 0.29) is 62.3 Å². The molecule has 1 fully saturated rings. The van der Waals surface area contributed by atoms with Crippen LogP contribution in [-0.2, 0) is 22.7 Å². The molecule has 10 heteroatoms. The summed E-state index contributed by atoms with van der Waals surface area (Å²) in [5, 5.41) is 25.7. The molecule has 4 aromatic rings. The lowest BCUT2D eigenvalue weighted by molar-refractivity contribution is -0.660. The maximum atomic E-state index is 13.1. The second-order valence-electron chi connectivity index (χ2n) is 13.9. The molecule has 0 aliphatic heterocycles. The largest absolute Gasteiger partial charge is 0.394 e. The zero-order valence-electron chi connectivity index (χ0n) is 27.8. The molecule has 0 bridgehead atoms. The first-order valence-electron chi connectivity index (χ1n) is 17.0. The molecular weight excluding hydrogens is 580 g/mol. The molecule has 1 saturated carbocycles. The summed E-state index contributed by atoms with van der Waals surface area (Å²) in [6.07, 6.45) is 9.84. The van der Waals surface area contributed by atoms with Gasteiger partial charge in [-0.1, -0.05) is 52.0 Å². The van der Waals surface area contributed by atoms with Crippen molar-refractivity contribution in [1.82, 2.24) is 19.8 Å². The van der Waals surface area contributed by atoms with Gasteiger partial charge < -0.3 is 20.8 Å². The van der Waals surface area contributed by atoms with Gasteiger partial charge in [0.05, 0.1) is 25.3 Å². The van der Waals surface area contributed by atoms with E-state index in [0.717, 1.165) is 60.6 Å². The molecule has 248 valence electrons. The van der Waals surface area contributed by atoms with Crippen molar-refractivity contribution in [1.29, 1.82) is 0 Å². The summed E-state index contributed by atoms with van der Waals surface area (Å²) in [5.41, 5.74) is 4.15. The highest BCUT2D eigenvalue weighted by Gasteiger charge is 2.38. The standard InChI is InChI=1S/C36H50N6O4/c1-25(2)17-27(21-43)37-35(45)19-39-23-41(31-13-7-5-11-29(31)39)33-15-9-10-16-34(33)42-24-40(30-12-6-8-14-32(30)42)20-36(46)38-28(22-44)18-26(3)4/h5-8,11-14,23-28,33-34,43-44H,9-10,15-22H2,1-4H3/p+2/t27-,28-,33?,34?/m0/s1. The number of carbonyl (C=O) groups excluding carboxylic acids is 2. The van der Waals surface area contributed by atoms with E-state index in [2.05, 4.69) is 84.4 Å². The van der Waals surface area contributed by atoms with Crippen LogP contribution in [0.1, 0.15) is 78.3 Å². The number of aliphatic hydroxyl groups is 2. The number of nitrogens with one attached hydrogen (secondary N) is 2. The number of hydrogen-bond donors (Lipinski definition) is 4. The quantitative estimate of drug-likeness (QED) is 0.159. The van der Waals surface area contributed by atoms with Gasteiger partial charge >= 0.3 is 0 Å². The van der Waals surface area contributed by atoms with E-state index < -0.39 is 0 Å². The van der Waals surface area contributed by atoms with Gasteiger partial charge in [-0.3, -0.25) is 9.59 Å². The van der Waals surface area contributed by atoms with Gasteiger partial charge in [-0.2, -0.15) is 0 Å². The van der Waals surface area contributed by atoms with Crippen LogP contribution in [0.25, 0.3) is 22.1 Å². The number of amides is 2. The van der Waals surface area contributed by atoms with E-state index in [1.807, 2.05) is 33.4 Å². The number of carbonyl (C=O) groups is 2. The van der Waals surface area contributed by atoms with Gasteiger partial charge in [0.1, 0.15) is 12.1 Å². The number of hydrogen-bond acceptors (Lipinski definition) is 4. The first-order chi connectivity index (χ1) is 22.2. The lowest BCUT2D eigenvalue weighted by atomic mass is 9.89.